The molecule has 0 aromatic carbocycles. The van der Waals surface area contributed by atoms with Gasteiger partial charge in [0.25, 0.3) is 5.91 Å². The fourth-order valence-corrected chi connectivity index (χ4v) is 3.03. The Balaban J connectivity index is 0.00000240. The summed E-state index contributed by atoms with van der Waals surface area (Å²) < 4.78 is 1.49. The van der Waals surface area contributed by atoms with Crippen molar-refractivity contribution in [2.24, 2.45) is 0 Å². The summed E-state index contributed by atoms with van der Waals surface area (Å²) in [5.74, 6) is 0.448. The number of nitrogens with one attached hydrogen (secondary N) is 2. The zero-order valence-corrected chi connectivity index (χ0v) is 16.6. The summed E-state index contributed by atoms with van der Waals surface area (Å²) >= 11 is 0. The second kappa shape index (κ2) is 9.03. The predicted octanol–water partition coefficient (Wildman–Crippen LogP) is 1.00. The van der Waals surface area contributed by atoms with Crippen LogP contribution in [0.1, 0.15) is 34.6 Å². The molecule has 10 nitrogen and oxygen atoms in total. The lowest BCUT2D eigenvalue weighted by atomic mass is 10.0. The molecule has 0 unspecified atom stereocenters. The van der Waals surface area contributed by atoms with Crippen molar-refractivity contribution >= 4 is 24.1 Å². The van der Waals surface area contributed by atoms with Crippen molar-refractivity contribution in [1.29, 1.82) is 0 Å². The van der Waals surface area contributed by atoms with Gasteiger partial charge in [0.15, 0.2) is 0 Å². The summed E-state index contributed by atoms with van der Waals surface area (Å²) in [5.41, 5.74) is 3.09. The van der Waals surface area contributed by atoms with E-state index < -0.39 is 0 Å². The van der Waals surface area contributed by atoms with E-state index in [0.29, 0.717) is 23.0 Å². The number of anilines is 1. The molecule has 11 heteroatoms. The Kier molecular flexibility index (Phi) is 6.47. The number of aliphatic hydroxyl groups is 1. The first-order chi connectivity index (χ1) is 13.7. The second-order valence-corrected chi connectivity index (χ2v) is 6.61. The highest BCUT2D eigenvalue weighted by Gasteiger charge is 2.17. The zero-order valence-electron chi connectivity index (χ0n) is 15.7. The number of aliphatic hydroxyl groups excluding tert-OH is 1. The minimum atomic E-state index is -0.332. The molecule has 3 aromatic heterocycles. The molecule has 0 fully saturated rings. The van der Waals surface area contributed by atoms with Gasteiger partial charge in [-0.1, -0.05) is 6.07 Å². The minimum Gasteiger partial charge on any atom is -0.394 e. The first-order valence-electron chi connectivity index (χ1n) is 9.01. The van der Waals surface area contributed by atoms with Crippen LogP contribution in [0, 0.1) is 0 Å². The zero-order chi connectivity index (χ0) is 19.5. The van der Waals surface area contributed by atoms with Crippen molar-refractivity contribution < 1.29 is 9.90 Å². The number of hydrogen-bond acceptors (Lipinski definition) is 8. The molecule has 0 aliphatic carbocycles. The molecule has 0 bridgehead atoms. The van der Waals surface area contributed by atoms with E-state index in [2.05, 4.69) is 36.1 Å². The fourth-order valence-electron chi connectivity index (χ4n) is 3.03. The highest BCUT2D eigenvalue weighted by atomic mass is 35.5. The van der Waals surface area contributed by atoms with Crippen molar-refractivity contribution in [3.63, 3.8) is 0 Å². The van der Waals surface area contributed by atoms with Crippen molar-refractivity contribution in [1.82, 2.24) is 35.5 Å². The molecule has 152 valence electrons. The van der Waals surface area contributed by atoms with Crippen molar-refractivity contribution in [2.75, 3.05) is 18.5 Å². The van der Waals surface area contributed by atoms with Gasteiger partial charge in [-0.3, -0.25) is 9.78 Å². The molecular formula is C18H21ClN8O2. The van der Waals surface area contributed by atoms with Crippen LogP contribution < -0.4 is 10.6 Å². The first kappa shape index (κ1) is 20.8. The monoisotopic (exact) mass is 416 g/mol. The van der Waals surface area contributed by atoms with Gasteiger partial charge in [-0.2, -0.15) is 0 Å². The average molecular weight is 417 g/mol. The number of carbonyl (C=O) groups excluding carboxylic acids is 1. The summed E-state index contributed by atoms with van der Waals surface area (Å²) in [6, 6.07) is 6.70. The van der Waals surface area contributed by atoms with Crippen LogP contribution in [0.15, 0.2) is 30.5 Å². The number of hydrogen-bond donors (Lipinski definition) is 3. The topological polar surface area (TPSA) is 131 Å². The SMILES string of the molecule is C[C@H](CO)n1nnnc1-c1cccc(NC(=O)c2cc3c(cn2)CCNC3)n1.Cl. The maximum Gasteiger partial charge on any atom is 0.275 e. The molecule has 0 spiro atoms. The standard InChI is InChI=1S/C18H20N8O2.ClH/c1-11(10-27)26-17(23-24-25-26)14-3-2-4-16(21-14)22-18(28)15-7-13-8-19-6-5-12(13)9-20-15;/h2-4,7,9,11,19,27H,5-6,8,10H2,1H3,(H,21,22,28);1H/t11-;/m1./s1. The molecule has 3 N–H and O–H groups in total. The van der Waals surface area contributed by atoms with E-state index in [1.54, 1.807) is 31.3 Å². The maximum atomic E-state index is 12.6. The van der Waals surface area contributed by atoms with Gasteiger partial charge in [-0.05, 0) is 59.6 Å². The molecule has 4 heterocycles. The summed E-state index contributed by atoms with van der Waals surface area (Å²) in [6.07, 6.45) is 2.67. The molecule has 4 rings (SSSR count). The van der Waals surface area contributed by atoms with Crippen LogP contribution in [0.5, 0.6) is 0 Å². The molecule has 1 atom stereocenters. The molecule has 1 aliphatic rings. The van der Waals surface area contributed by atoms with E-state index in [1.807, 2.05) is 6.07 Å². The highest BCUT2D eigenvalue weighted by Crippen LogP contribution is 2.19. The highest BCUT2D eigenvalue weighted by molar-refractivity contribution is 6.02. The van der Waals surface area contributed by atoms with Crippen LogP contribution in [0.25, 0.3) is 11.5 Å². The number of aromatic nitrogens is 6. The first-order valence-corrected chi connectivity index (χ1v) is 9.01. The van der Waals surface area contributed by atoms with E-state index in [1.165, 1.54) is 10.2 Å². The number of amides is 1. The summed E-state index contributed by atoms with van der Waals surface area (Å²) in [7, 11) is 0. The number of tetrazole rings is 1. The Bertz CT molecular complexity index is 1010. The van der Waals surface area contributed by atoms with E-state index >= 15 is 0 Å². The van der Waals surface area contributed by atoms with E-state index in [9.17, 15) is 9.90 Å². The van der Waals surface area contributed by atoms with E-state index in [0.717, 1.165) is 25.1 Å². The quantitative estimate of drug-likeness (QED) is 0.561. The van der Waals surface area contributed by atoms with E-state index in [-0.39, 0.29) is 31.0 Å². The largest absolute Gasteiger partial charge is 0.394 e. The maximum absolute atomic E-state index is 12.6. The van der Waals surface area contributed by atoms with Crippen LogP contribution in [-0.4, -0.2) is 54.3 Å². The van der Waals surface area contributed by atoms with Crippen LogP contribution >= 0.6 is 12.4 Å². The predicted molar refractivity (Wildman–Crippen MR) is 108 cm³/mol. The number of carbonyl (C=O) groups is 1. The van der Waals surface area contributed by atoms with Gasteiger partial charge in [-0.15, -0.1) is 17.5 Å². The lowest BCUT2D eigenvalue weighted by Crippen LogP contribution is -2.25. The second-order valence-electron chi connectivity index (χ2n) is 6.61. The number of nitrogens with zero attached hydrogens (tertiary/aromatic N) is 6. The van der Waals surface area contributed by atoms with Gasteiger partial charge in [-0.25, -0.2) is 9.67 Å². The van der Waals surface area contributed by atoms with Crippen LogP contribution in [0.3, 0.4) is 0 Å². The average Bonchev–Trinajstić information content (AvgIpc) is 3.23. The third kappa shape index (κ3) is 4.39. The molecule has 1 aliphatic heterocycles. The normalized spacial score (nSPS) is 13.9. The van der Waals surface area contributed by atoms with Gasteiger partial charge in [0.2, 0.25) is 5.82 Å². The Labute approximate surface area is 173 Å². The minimum absolute atomic E-state index is 0. The third-order valence-electron chi connectivity index (χ3n) is 4.60. The van der Waals surface area contributed by atoms with Crippen molar-refractivity contribution in [3.8, 4) is 11.5 Å². The van der Waals surface area contributed by atoms with Gasteiger partial charge in [0, 0.05) is 12.7 Å². The van der Waals surface area contributed by atoms with E-state index in [4.69, 9.17) is 0 Å². The molecule has 29 heavy (non-hydrogen) atoms. The number of pyridine rings is 2. The number of fused-ring (bicyclic) bond motifs is 1. The molecule has 0 saturated heterocycles. The Morgan fingerprint density at radius 3 is 3.07 bits per heavy atom. The van der Waals surface area contributed by atoms with Gasteiger partial charge < -0.3 is 15.7 Å². The number of halogens is 1. The third-order valence-corrected chi connectivity index (χ3v) is 4.60. The lowest BCUT2D eigenvalue weighted by Gasteiger charge is -2.17. The van der Waals surface area contributed by atoms with Crippen molar-refractivity contribution in [2.45, 2.75) is 25.9 Å². The summed E-state index contributed by atoms with van der Waals surface area (Å²) in [5, 5.41) is 26.9. The molecule has 0 radical (unpaired) electrons. The van der Waals surface area contributed by atoms with Crippen LogP contribution in [0.4, 0.5) is 5.82 Å². The Hall–Kier alpha value is -2.95. The van der Waals surface area contributed by atoms with Crippen molar-refractivity contribution in [3.05, 3.63) is 47.3 Å². The van der Waals surface area contributed by atoms with Gasteiger partial charge >= 0.3 is 0 Å². The van der Waals surface area contributed by atoms with Crippen LogP contribution in [-0.2, 0) is 13.0 Å². The molecule has 0 saturated carbocycles. The Morgan fingerprint density at radius 1 is 1.38 bits per heavy atom. The fraction of sp³-hybridized carbons (Fsp3) is 0.333. The molecular weight excluding hydrogens is 396 g/mol. The smallest absolute Gasteiger partial charge is 0.275 e. The molecule has 3 aromatic rings. The van der Waals surface area contributed by atoms with Gasteiger partial charge in [0.05, 0.1) is 12.6 Å². The number of rotatable bonds is 5. The summed E-state index contributed by atoms with van der Waals surface area (Å²) in [6.45, 7) is 3.35. The molecule has 1 amide bonds. The Morgan fingerprint density at radius 2 is 2.24 bits per heavy atom. The van der Waals surface area contributed by atoms with Crippen LogP contribution in [0.2, 0.25) is 0 Å². The lowest BCUT2D eigenvalue weighted by molar-refractivity contribution is 0.102. The van der Waals surface area contributed by atoms with Gasteiger partial charge in [0.1, 0.15) is 17.2 Å². The summed E-state index contributed by atoms with van der Waals surface area (Å²) in [4.78, 5) is 21.3.